The molecule has 3 unspecified atom stereocenters. The van der Waals surface area contributed by atoms with Crippen molar-refractivity contribution in [1.29, 1.82) is 0 Å². The number of ketones is 1. The number of carbonyl (C=O) groups is 3. The number of hydrogen-bond acceptors (Lipinski definition) is 7. The molecule has 7 heteroatoms. The summed E-state index contributed by atoms with van der Waals surface area (Å²) in [4.78, 5) is 43.9. The molecule has 7 nitrogen and oxygen atoms in total. The van der Waals surface area contributed by atoms with Crippen LogP contribution in [-0.4, -0.2) is 79.0 Å². The molecule has 0 aromatic heterocycles. The summed E-state index contributed by atoms with van der Waals surface area (Å²) in [6, 6.07) is 0. The Hall–Kier alpha value is -1.47. The van der Waals surface area contributed by atoms with Gasteiger partial charge in [-0.1, -0.05) is 41.5 Å². The lowest BCUT2D eigenvalue weighted by Crippen LogP contribution is -2.60. The van der Waals surface area contributed by atoms with Crippen LogP contribution >= 0.6 is 0 Å². The summed E-state index contributed by atoms with van der Waals surface area (Å²) in [6.07, 6.45) is 11.8. The van der Waals surface area contributed by atoms with Crippen LogP contribution in [0.25, 0.3) is 0 Å². The van der Waals surface area contributed by atoms with E-state index in [1.54, 1.807) is 6.92 Å². The van der Waals surface area contributed by atoms with Crippen LogP contribution < -0.4 is 0 Å². The second-order valence-electron chi connectivity index (χ2n) is 15.5. The number of rotatable bonds is 15. The fourth-order valence-electron chi connectivity index (χ4n) is 10.8. The standard InChI is InChI=1S/C37H64N2O5/c1-8-18-38(19-9-2)24-33(41)43-28-16-17-36(6)27(22-28)12-13-29-31-15-14-30(26(5)40)37(31,7)23-32(35(29)36)44-34(42)25-39(20-10-3)21-11-4/h27-32,35H,8-25H2,1-7H3/t27?,28?,29-,30+,31-,32?,35+,36-,37+/m0/s1. The molecular weight excluding hydrogens is 552 g/mol. The van der Waals surface area contributed by atoms with E-state index < -0.39 is 0 Å². The van der Waals surface area contributed by atoms with Gasteiger partial charge in [0.25, 0.3) is 0 Å². The van der Waals surface area contributed by atoms with Crippen molar-refractivity contribution >= 4 is 17.7 Å². The highest BCUT2D eigenvalue weighted by Crippen LogP contribution is 2.68. The highest BCUT2D eigenvalue weighted by Gasteiger charge is 2.64. The van der Waals surface area contributed by atoms with Gasteiger partial charge in [0.1, 0.15) is 18.0 Å². The van der Waals surface area contributed by atoms with Crippen molar-refractivity contribution in [2.75, 3.05) is 39.3 Å². The molecule has 0 saturated heterocycles. The lowest BCUT2D eigenvalue weighted by Gasteiger charge is -2.62. The summed E-state index contributed by atoms with van der Waals surface area (Å²) in [5.41, 5.74) is -0.0708. The topological polar surface area (TPSA) is 76.1 Å². The maximum absolute atomic E-state index is 13.6. The smallest absolute Gasteiger partial charge is 0.320 e. The number of fused-ring (bicyclic) bond motifs is 5. The molecule has 0 aromatic carbocycles. The minimum atomic E-state index is -0.164. The van der Waals surface area contributed by atoms with Crippen molar-refractivity contribution in [2.45, 2.75) is 138 Å². The fraction of sp³-hybridized carbons (Fsp3) is 0.919. The maximum atomic E-state index is 13.6. The van der Waals surface area contributed by atoms with E-state index in [1.165, 1.54) is 0 Å². The Morgan fingerprint density at radius 1 is 0.727 bits per heavy atom. The van der Waals surface area contributed by atoms with Gasteiger partial charge in [-0.2, -0.15) is 0 Å². The molecule has 9 atom stereocenters. The second kappa shape index (κ2) is 15.4. The predicted octanol–water partition coefficient (Wildman–Crippen LogP) is 6.91. The van der Waals surface area contributed by atoms with Crippen molar-refractivity contribution < 1.29 is 23.9 Å². The molecule has 0 amide bonds. The van der Waals surface area contributed by atoms with Crippen LogP contribution in [0.4, 0.5) is 0 Å². The number of hydrogen-bond donors (Lipinski definition) is 0. The van der Waals surface area contributed by atoms with Crippen LogP contribution in [0.5, 0.6) is 0 Å². The van der Waals surface area contributed by atoms with Crippen molar-refractivity contribution in [1.82, 2.24) is 9.80 Å². The first-order chi connectivity index (χ1) is 21.0. The van der Waals surface area contributed by atoms with Gasteiger partial charge in [-0.05, 0) is 139 Å². The van der Waals surface area contributed by atoms with Gasteiger partial charge < -0.3 is 9.47 Å². The first-order valence-corrected chi connectivity index (χ1v) is 18.3. The molecule has 252 valence electrons. The van der Waals surface area contributed by atoms with Gasteiger partial charge in [-0.25, -0.2) is 0 Å². The highest BCUT2D eigenvalue weighted by molar-refractivity contribution is 5.79. The van der Waals surface area contributed by atoms with E-state index in [2.05, 4.69) is 51.3 Å². The number of Topliss-reactive ketones (excluding diaryl/α,β-unsaturated/α-hetero) is 1. The van der Waals surface area contributed by atoms with Gasteiger partial charge in [-0.3, -0.25) is 24.2 Å². The molecule has 0 aliphatic heterocycles. The van der Waals surface area contributed by atoms with Gasteiger partial charge in [0.2, 0.25) is 0 Å². The molecular formula is C37H64N2O5. The molecule has 0 bridgehead atoms. The Balaban J connectivity index is 1.52. The Morgan fingerprint density at radius 3 is 1.84 bits per heavy atom. The average Bonchev–Trinajstić information content (AvgIpc) is 3.30. The Morgan fingerprint density at radius 2 is 1.30 bits per heavy atom. The Labute approximate surface area is 268 Å². The van der Waals surface area contributed by atoms with Gasteiger partial charge in [0, 0.05) is 11.8 Å². The first-order valence-electron chi connectivity index (χ1n) is 18.3. The summed E-state index contributed by atoms with van der Waals surface area (Å²) >= 11 is 0. The summed E-state index contributed by atoms with van der Waals surface area (Å²) in [5, 5.41) is 0. The molecule has 0 aromatic rings. The second-order valence-corrected chi connectivity index (χ2v) is 15.5. The zero-order chi connectivity index (χ0) is 32.1. The van der Waals surface area contributed by atoms with Crippen LogP contribution in [0.15, 0.2) is 0 Å². The molecule has 4 rings (SSSR count). The first kappa shape index (κ1) is 35.4. The number of esters is 2. The zero-order valence-corrected chi connectivity index (χ0v) is 29.2. The van der Waals surface area contributed by atoms with E-state index in [-0.39, 0.29) is 40.9 Å². The summed E-state index contributed by atoms with van der Waals surface area (Å²) < 4.78 is 12.7. The molecule has 0 heterocycles. The zero-order valence-electron chi connectivity index (χ0n) is 29.2. The lowest BCUT2D eigenvalue weighted by molar-refractivity contribution is -0.202. The molecule has 4 saturated carbocycles. The molecule has 44 heavy (non-hydrogen) atoms. The minimum absolute atomic E-state index is 0.0256. The van der Waals surface area contributed by atoms with Crippen molar-refractivity contribution in [3.8, 4) is 0 Å². The summed E-state index contributed by atoms with van der Waals surface area (Å²) in [5.74, 6) is 1.89. The van der Waals surface area contributed by atoms with Crippen LogP contribution in [0.1, 0.15) is 126 Å². The lowest BCUT2D eigenvalue weighted by atomic mass is 9.43. The molecule has 4 fully saturated rings. The highest BCUT2D eigenvalue weighted by atomic mass is 16.5. The van der Waals surface area contributed by atoms with Crippen LogP contribution in [-0.2, 0) is 23.9 Å². The van der Waals surface area contributed by atoms with Crippen molar-refractivity contribution in [3.05, 3.63) is 0 Å². The number of carbonyl (C=O) groups excluding carboxylic acids is 3. The van der Waals surface area contributed by atoms with E-state index in [4.69, 9.17) is 9.47 Å². The number of nitrogens with zero attached hydrogens (tertiary/aromatic N) is 2. The summed E-state index contributed by atoms with van der Waals surface area (Å²) in [6.45, 7) is 19.6. The fourth-order valence-corrected chi connectivity index (χ4v) is 10.8. The van der Waals surface area contributed by atoms with Gasteiger partial charge in [-0.15, -0.1) is 0 Å². The van der Waals surface area contributed by atoms with E-state index in [0.717, 1.165) is 103 Å². The van der Waals surface area contributed by atoms with Gasteiger partial charge >= 0.3 is 11.9 Å². The third kappa shape index (κ3) is 7.56. The predicted molar refractivity (Wildman–Crippen MR) is 175 cm³/mol. The quantitative estimate of drug-likeness (QED) is 0.185. The monoisotopic (exact) mass is 616 g/mol. The van der Waals surface area contributed by atoms with Crippen molar-refractivity contribution in [3.63, 3.8) is 0 Å². The van der Waals surface area contributed by atoms with Crippen LogP contribution in [0.3, 0.4) is 0 Å². The third-order valence-electron chi connectivity index (χ3n) is 12.5. The Kier molecular flexibility index (Phi) is 12.4. The molecule has 0 N–H and O–H groups in total. The molecule has 4 aliphatic carbocycles. The van der Waals surface area contributed by atoms with E-state index >= 15 is 0 Å². The average molecular weight is 617 g/mol. The van der Waals surface area contributed by atoms with E-state index in [0.29, 0.717) is 42.5 Å². The van der Waals surface area contributed by atoms with Gasteiger partial charge in [0.15, 0.2) is 0 Å². The molecule has 0 radical (unpaired) electrons. The minimum Gasteiger partial charge on any atom is -0.461 e. The van der Waals surface area contributed by atoms with Crippen LogP contribution in [0.2, 0.25) is 0 Å². The maximum Gasteiger partial charge on any atom is 0.320 e. The molecule has 4 aliphatic rings. The molecule has 0 spiro atoms. The van der Waals surface area contributed by atoms with E-state index in [1.807, 2.05) is 0 Å². The van der Waals surface area contributed by atoms with Crippen LogP contribution in [0, 0.1) is 40.4 Å². The SMILES string of the molecule is CCCN(CCC)CC(=O)OC1CC[C@@]2(C)C(CC[C@H]3[C@@H]4CC[C@H](C(C)=O)[C@@]4(C)CC(OC(=O)CN(CCC)CCC)[C@@H]32)C1. The normalized spacial score (nSPS) is 36.4. The van der Waals surface area contributed by atoms with Crippen molar-refractivity contribution in [2.24, 2.45) is 40.4 Å². The van der Waals surface area contributed by atoms with E-state index in [9.17, 15) is 14.4 Å². The summed E-state index contributed by atoms with van der Waals surface area (Å²) in [7, 11) is 0. The Bertz CT molecular complexity index is 975. The van der Waals surface area contributed by atoms with Gasteiger partial charge in [0.05, 0.1) is 13.1 Å². The third-order valence-corrected chi connectivity index (χ3v) is 12.5. The number of ether oxygens (including phenoxy) is 2. The largest absolute Gasteiger partial charge is 0.461 e.